The Balaban J connectivity index is 2.13. The van der Waals surface area contributed by atoms with Crippen LogP contribution in [-0.2, 0) is 22.6 Å². The van der Waals surface area contributed by atoms with E-state index in [1.54, 1.807) is 20.8 Å². The maximum absolute atomic E-state index is 12.0. The number of rotatable bonds is 7. The van der Waals surface area contributed by atoms with E-state index in [9.17, 15) is 14.7 Å². The van der Waals surface area contributed by atoms with Gasteiger partial charge in [0.25, 0.3) is 0 Å². The second-order valence-electron chi connectivity index (χ2n) is 7.27. The van der Waals surface area contributed by atoms with Crippen molar-refractivity contribution in [3.05, 3.63) is 63.2 Å². The van der Waals surface area contributed by atoms with Crippen molar-refractivity contribution < 1.29 is 24.2 Å². The molecule has 150 valence electrons. The minimum atomic E-state index is -1.14. The first-order valence-electron chi connectivity index (χ1n) is 8.81. The van der Waals surface area contributed by atoms with Gasteiger partial charge in [0.1, 0.15) is 24.0 Å². The van der Waals surface area contributed by atoms with E-state index in [1.165, 1.54) is 0 Å². The number of hydrogen-bond acceptors (Lipinski definition) is 4. The van der Waals surface area contributed by atoms with Gasteiger partial charge in [0, 0.05) is 9.99 Å². The van der Waals surface area contributed by atoms with Gasteiger partial charge in [-0.3, -0.25) is 0 Å². The zero-order valence-electron chi connectivity index (χ0n) is 16.1. The van der Waals surface area contributed by atoms with E-state index in [0.717, 1.165) is 9.13 Å². The summed E-state index contributed by atoms with van der Waals surface area (Å²) in [5.74, 6) is -0.555. The van der Waals surface area contributed by atoms with Gasteiger partial charge in [-0.25, -0.2) is 9.59 Å². The van der Waals surface area contributed by atoms with Crippen LogP contribution in [0.25, 0.3) is 0 Å². The van der Waals surface area contributed by atoms with Crippen LogP contribution >= 0.6 is 22.6 Å². The van der Waals surface area contributed by atoms with Crippen molar-refractivity contribution in [1.29, 1.82) is 0 Å². The molecule has 0 aliphatic carbocycles. The van der Waals surface area contributed by atoms with Crippen LogP contribution in [0.15, 0.2) is 48.5 Å². The summed E-state index contributed by atoms with van der Waals surface area (Å²) in [4.78, 5) is 23.7. The summed E-state index contributed by atoms with van der Waals surface area (Å²) < 4.78 is 12.0. The molecule has 0 aliphatic rings. The van der Waals surface area contributed by atoms with Crippen molar-refractivity contribution in [3.63, 3.8) is 0 Å². The molecule has 0 fully saturated rings. The number of amides is 1. The lowest BCUT2D eigenvalue weighted by atomic mass is 10.0. The van der Waals surface area contributed by atoms with Crippen molar-refractivity contribution in [1.82, 2.24) is 5.32 Å². The number of aliphatic carboxylic acids is 1. The molecular formula is C21H24INO5. The molecule has 0 aliphatic heterocycles. The maximum Gasteiger partial charge on any atom is 0.408 e. The largest absolute Gasteiger partial charge is 0.489 e. The third-order valence-electron chi connectivity index (χ3n) is 3.67. The Morgan fingerprint density at radius 1 is 1.14 bits per heavy atom. The van der Waals surface area contributed by atoms with Gasteiger partial charge in [0.15, 0.2) is 0 Å². The number of benzene rings is 2. The summed E-state index contributed by atoms with van der Waals surface area (Å²) in [6.07, 6.45) is -0.687. The van der Waals surface area contributed by atoms with Crippen molar-refractivity contribution in [2.45, 2.75) is 45.4 Å². The fraction of sp³-hybridized carbons (Fsp3) is 0.333. The Bertz CT molecular complexity index is 817. The van der Waals surface area contributed by atoms with E-state index in [0.29, 0.717) is 17.9 Å². The van der Waals surface area contributed by atoms with Crippen LogP contribution in [0.4, 0.5) is 4.79 Å². The monoisotopic (exact) mass is 497 g/mol. The standard InChI is InChI=1S/C21H24INO5/c1-21(2,3)28-20(26)23-17(19(24)25)12-15-11-16(22)9-10-18(15)27-13-14-7-5-4-6-8-14/h4-11,17H,12-13H2,1-3H3,(H,23,26)(H,24,25)/t17-/m0/s1. The Labute approximate surface area is 178 Å². The van der Waals surface area contributed by atoms with E-state index >= 15 is 0 Å². The Kier molecular flexibility index (Phi) is 7.68. The molecule has 2 aromatic rings. The molecule has 1 atom stereocenters. The first kappa shape index (κ1) is 22.0. The predicted octanol–water partition coefficient (Wildman–Crippen LogP) is 4.39. The average molecular weight is 497 g/mol. The highest BCUT2D eigenvalue weighted by molar-refractivity contribution is 14.1. The van der Waals surface area contributed by atoms with Crippen LogP contribution in [-0.4, -0.2) is 28.8 Å². The summed E-state index contributed by atoms with van der Waals surface area (Å²) in [5.41, 5.74) is 0.999. The lowest BCUT2D eigenvalue weighted by Crippen LogP contribution is -2.44. The van der Waals surface area contributed by atoms with Gasteiger partial charge in [-0.05, 0) is 72.7 Å². The molecule has 0 aromatic heterocycles. The van der Waals surface area contributed by atoms with Gasteiger partial charge in [0.05, 0.1) is 0 Å². The fourth-order valence-corrected chi connectivity index (χ4v) is 3.01. The Morgan fingerprint density at radius 2 is 1.82 bits per heavy atom. The molecule has 0 radical (unpaired) electrons. The van der Waals surface area contributed by atoms with Crippen molar-refractivity contribution >= 4 is 34.7 Å². The molecule has 0 saturated carbocycles. The van der Waals surface area contributed by atoms with Gasteiger partial charge < -0.3 is 19.9 Å². The van der Waals surface area contributed by atoms with Gasteiger partial charge in [-0.2, -0.15) is 0 Å². The lowest BCUT2D eigenvalue weighted by Gasteiger charge is -2.22. The summed E-state index contributed by atoms with van der Waals surface area (Å²) in [5, 5.41) is 12.0. The minimum absolute atomic E-state index is 0.0789. The molecule has 28 heavy (non-hydrogen) atoms. The summed E-state index contributed by atoms with van der Waals surface area (Å²) in [6, 6.07) is 14.1. The van der Waals surface area contributed by atoms with Crippen LogP contribution in [0.3, 0.4) is 0 Å². The Hall–Kier alpha value is -2.29. The highest BCUT2D eigenvalue weighted by Crippen LogP contribution is 2.24. The first-order chi connectivity index (χ1) is 13.1. The highest BCUT2D eigenvalue weighted by Gasteiger charge is 2.25. The number of carboxylic acid groups (broad SMARTS) is 1. The minimum Gasteiger partial charge on any atom is -0.489 e. The van der Waals surface area contributed by atoms with Crippen molar-refractivity contribution in [3.8, 4) is 5.75 Å². The van der Waals surface area contributed by atoms with E-state index in [1.807, 2.05) is 48.5 Å². The van der Waals surface area contributed by atoms with Crippen LogP contribution in [0.2, 0.25) is 0 Å². The molecule has 0 spiro atoms. The Morgan fingerprint density at radius 3 is 2.43 bits per heavy atom. The van der Waals surface area contributed by atoms with Gasteiger partial charge in [0.2, 0.25) is 0 Å². The van der Waals surface area contributed by atoms with Crippen LogP contribution in [0.1, 0.15) is 31.9 Å². The van der Waals surface area contributed by atoms with E-state index in [2.05, 4.69) is 27.9 Å². The number of carboxylic acids is 1. The zero-order chi connectivity index (χ0) is 20.7. The fourth-order valence-electron chi connectivity index (χ4n) is 2.45. The SMILES string of the molecule is CC(C)(C)OC(=O)N[C@@H](Cc1cc(I)ccc1OCc1ccccc1)C(=O)O. The molecule has 0 unspecified atom stereocenters. The maximum atomic E-state index is 12.0. The second kappa shape index (κ2) is 9.77. The molecular weight excluding hydrogens is 473 g/mol. The molecule has 7 heteroatoms. The summed E-state index contributed by atoms with van der Waals surface area (Å²) >= 11 is 2.15. The molecule has 6 nitrogen and oxygen atoms in total. The number of alkyl carbamates (subject to hydrolysis) is 1. The quantitative estimate of drug-likeness (QED) is 0.555. The molecule has 0 heterocycles. The van der Waals surface area contributed by atoms with E-state index in [-0.39, 0.29) is 6.42 Å². The summed E-state index contributed by atoms with van der Waals surface area (Å²) in [7, 11) is 0. The van der Waals surface area contributed by atoms with Gasteiger partial charge in [-0.1, -0.05) is 30.3 Å². The second-order valence-corrected chi connectivity index (χ2v) is 8.51. The predicted molar refractivity (Wildman–Crippen MR) is 114 cm³/mol. The smallest absolute Gasteiger partial charge is 0.408 e. The van der Waals surface area contributed by atoms with Crippen molar-refractivity contribution in [2.75, 3.05) is 0 Å². The van der Waals surface area contributed by atoms with Crippen molar-refractivity contribution in [2.24, 2.45) is 0 Å². The van der Waals surface area contributed by atoms with Gasteiger partial charge in [-0.15, -0.1) is 0 Å². The van der Waals surface area contributed by atoms with Crippen LogP contribution in [0, 0.1) is 3.57 Å². The normalized spacial score (nSPS) is 12.1. The first-order valence-corrected chi connectivity index (χ1v) is 9.89. The molecule has 2 N–H and O–H groups in total. The highest BCUT2D eigenvalue weighted by atomic mass is 127. The topological polar surface area (TPSA) is 84.9 Å². The lowest BCUT2D eigenvalue weighted by molar-refractivity contribution is -0.139. The van der Waals surface area contributed by atoms with Crippen LogP contribution < -0.4 is 10.1 Å². The van der Waals surface area contributed by atoms with Crippen LogP contribution in [0.5, 0.6) is 5.75 Å². The number of carbonyl (C=O) groups excluding carboxylic acids is 1. The average Bonchev–Trinajstić information content (AvgIpc) is 2.59. The summed E-state index contributed by atoms with van der Waals surface area (Å²) in [6.45, 7) is 5.53. The zero-order valence-corrected chi connectivity index (χ0v) is 18.2. The number of nitrogens with one attached hydrogen (secondary N) is 1. The number of ether oxygens (including phenoxy) is 2. The van der Waals surface area contributed by atoms with E-state index < -0.39 is 23.7 Å². The van der Waals surface area contributed by atoms with Gasteiger partial charge >= 0.3 is 12.1 Å². The molecule has 2 aromatic carbocycles. The molecule has 2 rings (SSSR count). The number of halogens is 1. The molecule has 1 amide bonds. The number of hydrogen-bond donors (Lipinski definition) is 2. The third-order valence-corrected chi connectivity index (χ3v) is 4.34. The van der Waals surface area contributed by atoms with E-state index in [4.69, 9.17) is 9.47 Å². The molecule has 0 saturated heterocycles. The molecule has 0 bridgehead atoms. The number of carbonyl (C=O) groups is 2. The third kappa shape index (κ3) is 7.38.